The first-order chi connectivity index (χ1) is 9.35. The molecule has 20 heavy (non-hydrogen) atoms. The van der Waals surface area contributed by atoms with Crippen LogP contribution in [0.2, 0.25) is 0 Å². The molecular weight excluding hydrogens is 262 g/mol. The molecule has 7 heteroatoms. The van der Waals surface area contributed by atoms with Crippen LogP contribution in [-0.4, -0.2) is 46.0 Å². The normalized spacial score (nSPS) is 28.4. The van der Waals surface area contributed by atoms with Gasteiger partial charge in [-0.2, -0.15) is 0 Å². The number of nitrogens with one attached hydrogen (secondary N) is 1. The van der Waals surface area contributed by atoms with Crippen LogP contribution in [0.3, 0.4) is 0 Å². The second-order valence-corrected chi connectivity index (χ2v) is 5.85. The van der Waals surface area contributed by atoms with E-state index in [-0.39, 0.29) is 18.5 Å². The molecule has 0 radical (unpaired) electrons. The Bertz CT molecular complexity index is 433. The standard InChI is InChI=1S/C13H21N3O4/c1-8-3-4-9(10(14)17)7-16(8)12(20)15-13(11(18)19)5-2-6-13/h8-9H,2-7H2,1H3,(H2,14,17)(H,15,20)(H,18,19). The van der Waals surface area contributed by atoms with Gasteiger partial charge in [-0.25, -0.2) is 9.59 Å². The van der Waals surface area contributed by atoms with Gasteiger partial charge in [0.15, 0.2) is 0 Å². The lowest BCUT2D eigenvalue weighted by molar-refractivity contribution is -0.148. The molecule has 0 aromatic carbocycles. The van der Waals surface area contributed by atoms with E-state index in [1.165, 1.54) is 4.90 Å². The van der Waals surface area contributed by atoms with E-state index in [9.17, 15) is 19.5 Å². The maximum atomic E-state index is 12.3. The van der Waals surface area contributed by atoms with Gasteiger partial charge in [0.05, 0.1) is 5.92 Å². The Hall–Kier alpha value is -1.79. The number of urea groups is 1. The highest BCUT2D eigenvalue weighted by atomic mass is 16.4. The lowest BCUT2D eigenvalue weighted by atomic mass is 9.77. The van der Waals surface area contributed by atoms with Gasteiger partial charge in [-0.3, -0.25) is 4.79 Å². The van der Waals surface area contributed by atoms with Crippen LogP contribution in [0.15, 0.2) is 0 Å². The summed E-state index contributed by atoms with van der Waals surface area (Å²) in [6.07, 6.45) is 3.07. The second-order valence-electron chi connectivity index (χ2n) is 5.85. The highest BCUT2D eigenvalue weighted by Crippen LogP contribution is 2.33. The number of nitrogens with two attached hydrogens (primary N) is 1. The number of piperidine rings is 1. The number of carboxylic acids is 1. The van der Waals surface area contributed by atoms with Crippen LogP contribution in [0.1, 0.15) is 39.0 Å². The molecule has 0 aromatic rings. The fraction of sp³-hybridized carbons (Fsp3) is 0.769. The lowest BCUT2D eigenvalue weighted by Crippen LogP contribution is -2.63. The summed E-state index contributed by atoms with van der Waals surface area (Å²) >= 11 is 0. The zero-order valence-electron chi connectivity index (χ0n) is 11.6. The minimum absolute atomic E-state index is 0.0171. The van der Waals surface area contributed by atoms with Gasteiger partial charge in [-0.05, 0) is 39.0 Å². The van der Waals surface area contributed by atoms with Gasteiger partial charge < -0.3 is 21.1 Å². The molecule has 1 saturated carbocycles. The highest BCUT2D eigenvalue weighted by Gasteiger charge is 2.47. The number of likely N-dealkylation sites (tertiary alicyclic amines) is 1. The Morgan fingerprint density at radius 1 is 1.30 bits per heavy atom. The predicted octanol–water partition coefficient (Wildman–Crippen LogP) is 0.289. The van der Waals surface area contributed by atoms with Crippen molar-refractivity contribution in [2.45, 2.75) is 50.6 Å². The van der Waals surface area contributed by atoms with Crippen LogP contribution < -0.4 is 11.1 Å². The number of nitrogens with zero attached hydrogens (tertiary/aromatic N) is 1. The fourth-order valence-corrected chi connectivity index (χ4v) is 2.82. The zero-order valence-corrected chi connectivity index (χ0v) is 11.6. The van der Waals surface area contributed by atoms with Crippen LogP contribution >= 0.6 is 0 Å². The van der Waals surface area contributed by atoms with Crippen molar-refractivity contribution < 1.29 is 19.5 Å². The van der Waals surface area contributed by atoms with Crippen LogP contribution in [0.5, 0.6) is 0 Å². The summed E-state index contributed by atoms with van der Waals surface area (Å²) in [7, 11) is 0. The van der Waals surface area contributed by atoms with Crippen LogP contribution in [0.4, 0.5) is 4.79 Å². The summed E-state index contributed by atoms with van der Waals surface area (Å²) in [5.41, 5.74) is 4.17. The highest BCUT2D eigenvalue weighted by molar-refractivity contribution is 5.87. The molecule has 1 saturated heterocycles. The Labute approximate surface area is 117 Å². The van der Waals surface area contributed by atoms with Gasteiger partial charge in [0.25, 0.3) is 0 Å². The second kappa shape index (κ2) is 5.30. The van der Waals surface area contributed by atoms with Gasteiger partial charge in [-0.15, -0.1) is 0 Å². The maximum Gasteiger partial charge on any atom is 0.329 e. The topological polar surface area (TPSA) is 113 Å². The third-order valence-electron chi connectivity index (χ3n) is 4.51. The van der Waals surface area contributed by atoms with Gasteiger partial charge in [-0.1, -0.05) is 0 Å². The molecule has 0 spiro atoms. The molecule has 2 atom stereocenters. The number of carboxylic acid groups (broad SMARTS) is 1. The first-order valence-electron chi connectivity index (χ1n) is 6.97. The molecular formula is C13H21N3O4. The number of primary amides is 1. The van der Waals surface area contributed by atoms with Gasteiger partial charge in [0.2, 0.25) is 5.91 Å². The minimum Gasteiger partial charge on any atom is -0.480 e. The third-order valence-corrected chi connectivity index (χ3v) is 4.51. The van der Waals surface area contributed by atoms with E-state index in [1.807, 2.05) is 6.92 Å². The molecule has 1 aliphatic heterocycles. The molecule has 1 heterocycles. The number of carbonyl (C=O) groups excluding carboxylic acids is 2. The number of hydrogen-bond acceptors (Lipinski definition) is 3. The van der Waals surface area contributed by atoms with E-state index < -0.39 is 23.4 Å². The molecule has 1 aliphatic carbocycles. The maximum absolute atomic E-state index is 12.3. The molecule has 0 aromatic heterocycles. The summed E-state index contributed by atoms with van der Waals surface area (Å²) in [5, 5.41) is 11.9. The van der Waals surface area contributed by atoms with Crippen molar-refractivity contribution in [2.24, 2.45) is 11.7 Å². The molecule has 4 N–H and O–H groups in total. The number of aliphatic carboxylic acids is 1. The first kappa shape index (κ1) is 14.6. The van der Waals surface area contributed by atoms with Gasteiger partial charge >= 0.3 is 12.0 Å². The molecule has 2 unspecified atom stereocenters. The zero-order chi connectivity index (χ0) is 14.9. The number of carbonyl (C=O) groups is 3. The molecule has 2 rings (SSSR count). The average Bonchev–Trinajstić information content (AvgIpc) is 2.33. The molecule has 112 valence electrons. The molecule has 2 fully saturated rings. The molecule has 0 bridgehead atoms. The van der Waals surface area contributed by atoms with Gasteiger partial charge in [0.1, 0.15) is 5.54 Å². The summed E-state index contributed by atoms with van der Waals surface area (Å²) < 4.78 is 0. The van der Waals surface area contributed by atoms with E-state index in [2.05, 4.69) is 5.32 Å². The third kappa shape index (κ3) is 2.57. The Kier molecular flexibility index (Phi) is 3.87. The number of hydrogen-bond donors (Lipinski definition) is 3. The molecule has 3 amide bonds. The lowest BCUT2D eigenvalue weighted by Gasteiger charge is -2.42. The Balaban J connectivity index is 2.03. The van der Waals surface area contributed by atoms with Gasteiger partial charge in [0, 0.05) is 12.6 Å². The van der Waals surface area contributed by atoms with Crippen molar-refractivity contribution in [1.29, 1.82) is 0 Å². The minimum atomic E-state index is -1.13. The summed E-state index contributed by atoms with van der Waals surface area (Å²) in [5.74, 6) is -1.75. The molecule has 7 nitrogen and oxygen atoms in total. The van der Waals surface area contributed by atoms with Crippen LogP contribution in [0, 0.1) is 5.92 Å². The fourth-order valence-electron chi connectivity index (χ4n) is 2.82. The van der Waals surface area contributed by atoms with Crippen LogP contribution in [-0.2, 0) is 9.59 Å². The van der Waals surface area contributed by atoms with Crippen molar-refractivity contribution in [3.05, 3.63) is 0 Å². The van der Waals surface area contributed by atoms with E-state index >= 15 is 0 Å². The SMILES string of the molecule is CC1CCC(C(N)=O)CN1C(=O)NC1(C(=O)O)CCC1. The Morgan fingerprint density at radius 2 is 1.95 bits per heavy atom. The average molecular weight is 283 g/mol. The number of rotatable bonds is 3. The van der Waals surface area contributed by atoms with Crippen LogP contribution in [0.25, 0.3) is 0 Å². The van der Waals surface area contributed by atoms with E-state index in [4.69, 9.17) is 5.73 Å². The van der Waals surface area contributed by atoms with E-state index in [0.29, 0.717) is 25.7 Å². The summed E-state index contributed by atoms with van der Waals surface area (Å²) in [6, 6.07) is -0.429. The van der Waals surface area contributed by atoms with Crippen molar-refractivity contribution in [1.82, 2.24) is 10.2 Å². The quantitative estimate of drug-likeness (QED) is 0.690. The van der Waals surface area contributed by atoms with E-state index in [1.54, 1.807) is 0 Å². The molecule has 2 aliphatic rings. The van der Waals surface area contributed by atoms with E-state index in [0.717, 1.165) is 6.42 Å². The Morgan fingerprint density at radius 3 is 2.40 bits per heavy atom. The summed E-state index contributed by atoms with van der Waals surface area (Å²) in [6.45, 7) is 2.16. The predicted molar refractivity (Wildman–Crippen MR) is 70.8 cm³/mol. The summed E-state index contributed by atoms with van der Waals surface area (Å²) in [4.78, 5) is 36.3. The van der Waals surface area contributed by atoms with Crippen molar-refractivity contribution >= 4 is 17.9 Å². The number of amides is 3. The van der Waals surface area contributed by atoms with Crippen molar-refractivity contribution in [2.75, 3.05) is 6.54 Å². The largest absolute Gasteiger partial charge is 0.480 e. The van der Waals surface area contributed by atoms with Crippen molar-refractivity contribution in [3.63, 3.8) is 0 Å². The first-order valence-corrected chi connectivity index (χ1v) is 6.97. The smallest absolute Gasteiger partial charge is 0.329 e. The monoisotopic (exact) mass is 283 g/mol. The van der Waals surface area contributed by atoms with Crippen molar-refractivity contribution in [3.8, 4) is 0 Å².